The Kier molecular flexibility index (Phi) is 13.2. The minimum absolute atomic E-state index is 0.855. The molecule has 0 aliphatic heterocycles. The number of carboxylic acid groups (broad SMARTS) is 1. The summed E-state index contributed by atoms with van der Waals surface area (Å²) in [4.78, 5) is 11.0. The van der Waals surface area contributed by atoms with Gasteiger partial charge in [-0.05, 0) is 38.6 Å². The molecule has 2 N–H and O–H groups in total. The van der Waals surface area contributed by atoms with Crippen molar-refractivity contribution in [3.05, 3.63) is 0 Å². The summed E-state index contributed by atoms with van der Waals surface area (Å²) in [7, 11) is 0. The van der Waals surface area contributed by atoms with E-state index in [-0.39, 0.29) is 0 Å². The first kappa shape index (κ1) is 21.9. The summed E-state index contributed by atoms with van der Waals surface area (Å²) in [6, 6.07) is 0. The van der Waals surface area contributed by atoms with Crippen molar-refractivity contribution >= 4 is 34.3 Å². The predicted octanol–water partition coefficient (Wildman–Crippen LogP) is 5.73. The van der Waals surface area contributed by atoms with E-state index in [2.05, 4.69) is 11.6 Å². The van der Waals surface area contributed by atoms with Crippen LogP contribution in [0.3, 0.4) is 0 Å². The molecule has 0 fully saturated rings. The molecule has 0 aromatic carbocycles. The molecule has 0 aromatic rings. The number of carbonyl (C=O) groups is 1. The van der Waals surface area contributed by atoms with E-state index in [0.29, 0.717) is 0 Å². The standard InChI is InChI=1S/C17H33NO2S2/c1-4-5-6-7-8-9-10-11-12-13-14-15(21)22-18-17(2,3)16(19)20/h18H,4-14H2,1-3H3,(H,19,20). The van der Waals surface area contributed by atoms with Gasteiger partial charge in [0, 0.05) is 0 Å². The number of unbranched alkanes of at least 4 members (excludes halogenated alkanes) is 9. The summed E-state index contributed by atoms with van der Waals surface area (Å²) < 4.78 is 3.78. The number of thiocarbonyl (C=S) groups is 1. The van der Waals surface area contributed by atoms with Gasteiger partial charge >= 0.3 is 5.97 Å². The van der Waals surface area contributed by atoms with Crippen molar-refractivity contribution in [1.29, 1.82) is 0 Å². The van der Waals surface area contributed by atoms with E-state index in [1.165, 1.54) is 69.7 Å². The Morgan fingerprint density at radius 2 is 1.45 bits per heavy atom. The van der Waals surface area contributed by atoms with Gasteiger partial charge < -0.3 is 5.11 Å². The van der Waals surface area contributed by atoms with Crippen molar-refractivity contribution in [2.24, 2.45) is 0 Å². The minimum Gasteiger partial charge on any atom is -0.480 e. The Balaban J connectivity index is 3.41. The molecule has 22 heavy (non-hydrogen) atoms. The van der Waals surface area contributed by atoms with Crippen LogP contribution < -0.4 is 4.72 Å². The lowest BCUT2D eigenvalue weighted by atomic mass is 10.1. The van der Waals surface area contributed by atoms with Crippen LogP contribution in [0.25, 0.3) is 0 Å². The monoisotopic (exact) mass is 347 g/mol. The summed E-state index contributed by atoms with van der Waals surface area (Å²) in [5.41, 5.74) is -0.938. The molecule has 0 amide bonds. The largest absolute Gasteiger partial charge is 0.480 e. The highest BCUT2D eigenvalue weighted by Gasteiger charge is 2.26. The molecule has 0 aromatic heterocycles. The lowest BCUT2D eigenvalue weighted by Gasteiger charge is -2.20. The van der Waals surface area contributed by atoms with Gasteiger partial charge in [-0.15, -0.1) is 0 Å². The van der Waals surface area contributed by atoms with Crippen molar-refractivity contribution < 1.29 is 9.90 Å². The van der Waals surface area contributed by atoms with Gasteiger partial charge in [0.05, 0.1) is 4.20 Å². The molecule has 0 aliphatic rings. The van der Waals surface area contributed by atoms with Crippen LogP contribution in [-0.4, -0.2) is 20.8 Å². The molecule has 3 nitrogen and oxygen atoms in total. The Labute approximate surface area is 146 Å². The molecule has 0 saturated heterocycles. The highest BCUT2D eigenvalue weighted by Crippen LogP contribution is 2.16. The summed E-state index contributed by atoms with van der Waals surface area (Å²) in [5.74, 6) is -0.860. The van der Waals surface area contributed by atoms with Crippen LogP contribution in [0.2, 0.25) is 0 Å². The Morgan fingerprint density at radius 3 is 1.91 bits per heavy atom. The number of hydrogen-bond acceptors (Lipinski definition) is 4. The van der Waals surface area contributed by atoms with E-state index in [0.717, 1.165) is 17.0 Å². The second kappa shape index (κ2) is 13.3. The van der Waals surface area contributed by atoms with E-state index < -0.39 is 11.5 Å². The Morgan fingerprint density at radius 1 is 1.00 bits per heavy atom. The number of nitrogens with one attached hydrogen (secondary N) is 1. The molecule has 0 rings (SSSR count). The van der Waals surface area contributed by atoms with Crippen molar-refractivity contribution in [3.8, 4) is 0 Å². The minimum atomic E-state index is -0.938. The molecule has 0 aliphatic carbocycles. The third-order valence-electron chi connectivity index (χ3n) is 3.69. The topological polar surface area (TPSA) is 49.3 Å². The summed E-state index contributed by atoms with van der Waals surface area (Å²) >= 11 is 6.57. The molecule has 0 saturated carbocycles. The van der Waals surface area contributed by atoms with Gasteiger partial charge in [-0.25, -0.2) is 4.72 Å². The normalized spacial score (nSPS) is 11.6. The third-order valence-corrected chi connectivity index (χ3v) is 5.19. The van der Waals surface area contributed by atoms with Crippen LogP contribution in [0.4, 0.5) is 0 Å². The van der Waals surface area contributed by atoms with Crippen LogP contribution in [0.15, 0.2) is 0 Å². The first-order valence-electron chi connectivity index (χ1n) is 8.60. The van der Waals surface area contributed by atoms with Gasteiger partial charge in [-0.3, -0.25) is 4.79 Å². The molecule has 0 heterocycles. The fourth-order valence-corrected chi connectivity index (χ4v) is 3.01. The average Bonchev–Trinajstić information content (AvgIpc) is 2.47. The van der Waals surface area contributed by atoms with Gasteiger partial charge in [0.2, 0.25) is 0 Å². The SMILES string of the molecule is CCCCCCCCCCCCC(=S)SNC(C)(C)C(=O)O. The number of carboxylic acids is 1. The van der Waals surface area contributed by atoms with E-state index in [9.17, 15) is 4.79 Å². The number of hydrogen-bond donors (Lipinski definition) is 2. The van der Waals surface area contributed by atoms with Gasteiger partial charge in [-0.1, -0.05) is 76.9 Å². The maximum atomic E-state index is 11.0. The molecule has 130 valence electrons. The first-order valence-corrected chi connectivity index (χ1v) is 9.83. The smallest absolute Gasteiger partial charge is 0.324 e. The molecule has 0 radical (unpaired) electrons. The maximum absolute atomic E-state index is 11.0. The lowest BCUT2D eigenvalue weighted by molar-refractivity contribution is -0.142. The van der Waals surface area contributed by atoms with Crippen LogP contribution >= 0.6 is 24.2 Å². The molecule has 5 heteroatoms. The summed E-state index contributed by atoms with van der Waals surface area (Å²) in [6.07, 6.45) is 14.0. The van der Waals surface area contributed by atoms with E-state index in [4.69, 9.17) is 17.3 Å². The number of aliphatic carboxylic acids is 1. The molecule has 0 spiro atoms. The zero-order chi connectivity index (χ0) is 16.8. The van der Waals surface area contributed by atoms with E-state index >= 15 is 0 Å². The van der Waals surface area contributed by atoms with E-state index in [1.54, 1.807) is 13.8 Å². The Hall–Kier alpha value is -0.130. The van der Waals surface area contributed by atoms with Gasteiger partial charge in [0.1, 0.15) is 5.54 Å². The first-order chi connectivity index (χ1) is 10.4. The average molecular weight is 348 g/mol. The molecular weight excluding hydrogens is 314 g/mol. The molecule has 0 unspecified atom stereocenters. The lowest BCUT2D eigenvalue weighted by Crippen LogP contribution is -2.43. The summed E-state index contributed by atoms with van der Waals surface area (Å²) in [5, 5.41) is 9.00. The second-order valence-electron chi connectivity index (χ2n) is 6.44. The number of rotatable bonds is 14. The van der Waals surface area contributed by atoms with Crippen LogP contribution in [0, 0.1) is 0 Å². The van der Waals surface area contributed by atoms with Gasteiger partial charge in [-0.2, -0.15) is 0 Å². The van der Waals surface area contributed by atoms with Crippen molar-refractivity contribution in [2.45, 2.75) is 96.9 Å². The molecular formula is C17H33NO2S2. The van der Waals surface area contributed by atoms with Crippen molar-refractivity contribution in [3.63, 3.8) is 0 Å². The fourth-order valence-electron chi connectivity index (χ4n) is 2.04. The highest BCUT2D eigenvalue weighted by molar-refractivity contribution is 8.21. The fraction of sp³-hybridized carbons (Fsp3) is 0.882. The zero-order valence-corrected chi connectivity index (χ0v) is 16.1. The predicted molar refractivity (Wildman–Crippen MR) is 102 cm³/mol. The van der Waals surface area contributed by atoms with Crippen molar-refractivity contribution in [1.82, 2.24) is 4.72 Å². The highest BCUT2D eigenvalue weighted by atomic mass is 32.2. The van der Waals surface area contributed by atoms with Crippen LogP contribution in [0.1, 0.15) is 91.4 Å². The molecule has 0 bridgehead atoms. The van der Waals surface area contributed by atoms with Gasteiger partial charge in [0.15, 0.2) is 0 Å². The van der Waals surface area contributed by atoms with Crippen LogP contribution in [-0.2, 0) is 4.79 Å². The Bertz CT molecular complexity index is 320. The second-order valence-corrected chi connectivity index (χ2v) is 8.09. The summed E-state index contributed by atoms with van der Waals surface area (Å²) in [6.45, 7) is 5.54. The third kappa shape index (κ3) is 12.4. The van der Waals surface area contributed by atoms with E-state index in [1.807, 2.05) is 0 Å². The quantitative estimate of drug-likeness (QED) is 0.239. The van der Waals surface area contributed by atoms with Crippen molar-refractivity contribution in [2.75, 3.05) is 0 Å². The zero-order valence-electron chi connectivity index (χ0n) is 14.5. The maximum Gasteiger partial charge on any atom is 0.324 e. The molecule has 0 atom stereocenters. The van der Waals surface area contributed by atoms with Crippen LogP contribution in [0.5, 0.6) is 0 Å². The van der Waals surface area contributed by atoms with Gasteiger partial charge in [0.25, 0.3) is 0 Å².